The van der Waals surface area contributed by atoms with Crippen molar-refractivity contribution in [2.45, 2.75) is 0 Å². The summed E-state index contributed by atoms with van der Waals surface area (Å²) in [5, 5.41) is 11.7. The van der Waals surface area contributed by atoms with E-state index in [2.05, 4.69) is 158 Å². The number of hydrogen-bond acceptors (Lipinski definition) is 2. The molecule has 0 aliphatic rings. The maximum Gasteiger partial charge on any atom is 0.143 e. The van der Waals surface area contributed by atoms with E-state index in [4.69, 9.17) is 8.83 Å². The number of hydrogen-bond donors (Lipinski definition) is 0. The van der Waals surface area contributed by atoms with Crippen molar-refractivity contribution in [3.05, 3.63) is 170 Å². The Balaban J connectivity index is 1.04. The van der Waals surface area contributed by atoms with Crippen LogP contribution in [0.15, 0.2) is 179 Å². The van der Waals surface area contributed by atoms with Crippen LogP contribution in [0.2, 0.25) is 0 Å². The minimum absolute atomic E-state index is 0.883. The lowest BCUT2D eigenvalue weighted by Crippen LogP contribution is -1.90. The van der Waals surface area contributed by atoms with Crippen molar-refractivity contribution < 1.29 is 8.83 Å². The van der Waals surface area contributed by atoms with Gasteiger partial charge in [-0.05, 0) is 97.4 Å². The summed E-state index contributed by atoms with van der Waals surface area (Å²) in [4.78, 5) is 0. The fourth-order valence-corrected chi connectivity index (χ4v) is 8.19. The Labute approximate surface area is 287 Å². The van der Waals surface area contributed by atoms with Gasteiger partial charge < -0.3 is 8.83 Å². The number of fused-ring (bicyclic) bond motifs is 11. The molecule has 2 aromatic heterocycles. The van der Waals surface area contributed by atoms with E-state index < -0.39 is 0 Å². The van der Waals surface area contributed by atoms with Crippen molar-refractivity contribution in [3.63, 3.8) is 0 Å². The Morgan fingerprint density at radius 2 is 0.640 bits per heavy atom. The molecule has 11 rings (SSSR count). The molecule has 2 heterocycles. The zero-order valence-corrected chi connectivity index (χ0v) is 27.0. The molecule has 0 saturated heterocycles. The summed E-state index contributed by atoms with van der Waals surface area (Å²) in [6.45, 7) is 0. The highest BCUT2D eigenvalue weighted by Gasteiger charge is 2.18. The van der Waals surface area contributed by atoms with Crippen LogP contribution in [-0.2, 0) is 0 Å². The van der Waals surface area contributed by atoms with Crippen LogP contribution >= 0.6 is 0 Å². The van der Waals surface area contributed by atoms with Crippen LogP contribution in [0.1, 0.15) is 0 Å². The summed E-state index contributed by atoms with van der Waals surface area (Å²) in [5.41, 5.74) is 10.9. The third-order valence-electron chi connectivity index (χ3n) is 10.5. The predicted octanol–water partition coefficient (Wildman–Crippen LogP) is 13.9. The average Bonchev–Trinajstić information content (AvgIpc) is 3.76. The molecule has 0 aliphatic carbocycles. The number of rotatable bonds is 3. The average molecular weight is 637 g/mol. The van der Waals surface area contributed by atoms with E-state index >= 15 is 0 Å². The van der Waals surface area contributed by atoms with Gasteiger partial charge in [-0.15, -0.1) is 0 Å². The van der Waals surface area contributed by atoms with Gasteiger partial charge in [-0.2, -0.15) is 0 Å². The Bertz CT molecular complexity index is 3070. The van der Waals surface area contributed by atoms with Crippen molar-refractivity contribution >= 4 is 76.2 Å². The van der Waals surface area contributed by atoms with Crippen LogP contribution in [0.3, 0.4) is 0 Å². The lowest BCUT2D eigenvalue weighted by atomic mass is 9.86. The molecule has 0 amide bonds. The van der Waals surface area contributed by atoms with Crippen molar-refractivity contribution in [1.82, 2.24) is 0 Å². The zero-order chi connectivity index (χ0) is 32.8. The van der Waals surface area contributed by atoms with E-state index in [-0.39, 0.29) is 0 Å². The van der Waals surface area contributed by atoms with E-state index in [0.29, 0.717) is 0 Å². The quantitative estimate of drug-likeness (QED) is 0.180. The fraction of sp³-hybridized carbons (Fsp3) is 0. The van der Waals surface area contributed by atoms with Crippen molar-refractivity contribution in [3.8, 4) is 33.4 Å². The summed E-state index contributed by atoms with van der Waals surface area (Å²) in [6.07, 6.45) is 0. The second-order valence-electron chi connectivity index (χ2n) is 13.2. The second kappa shape index (κ2) is 10.4. The second-order valence-corrected chi connectivity index (χ2v) is 13.2. The lowest BCUT2D eigenvalue weighted by molar-refractivity contribution is 0.669. The highest BCUT2D eigenvalue weighted by Crippen LogP contribution is 2.44. The van der Waals surface area contributed by atoms with Crippen LogP contribution in [0.25, 0.3) is 110 Å². The Kier molecular flexibility index (Phi) is 5.70. The molecule has 0 N–H and O–H groups in total. The third-order valence-corrected chi connectivity index (χ3v) is 10.5. The molecule has 0 saturated carbocycles. The first-order valence-corrected chi connectivity index (χ1v) is 17.1. The van der Waals surface area contributed by atoms with Crippen LogP contribution < -0.4 is 0 Å². The third kappa shape index (κ3) is 3.90. The first-order chi connectivity index (χ1) is 24.8. The molecule has 50 heavy (non-hydrogen) atoms. The summed E-state index contributed by atoms with van der Waals surface area (Å²) in [7, 11) is 0. The molecule has 0 aliphatic heterocycles. The Hall–Kier alpha value is -6.64. The highest BCUT2D eigenvalue weighted by molar-refractivity contribution is 6.23. The molecule has 232 valence electrons. The Morgan fingerprint density at radius 1 is 0.240 bits per heavy atom. The molecule has 0 fully saturated rings. The maximum atomic E-state index is 6.54. The van der Waals surface area contributed by atoms with Gasteiger partial charge in [-0.1, -0.05) is 127 Å². The van der Waals surface area contributed by atoms with Crippen LogP contribution in [0, 0.1) is 0 Å². The van der Waals surface area contributed by atoms with Crippen molar-refractivity contribution in [1.29, 1.82) is 0 Å². The molecule has 0 unspecified atom stereocenters. The molecule has 2 nitrogen and oxygen atoms in total. The summed E-state index contributed by atoms with van der Waals surface area (Å²) in [5.74, 6) is 0. The monoisotopic (exact) mass is 636 g/mol. The Morgan fingerprint density at radius 3 is 1.22 bits per heavy atom. The van der Waals surface area contributed by atoms with Crippen molar-refractivity contribution in [2.24, 2.45) is 0 Å². The molecule has 0 radical (unpaired) electrons. The first-order valence-electron chi connectivity index (χ1n) is 17.1. The molecule has 0 bridgehead atoms. The van der Waals surface area contributed by atoms with Crippen LogP contribution in [0.5, 0.6) is 0 Å². The van der Waals surface area contributed by atoms with E-state index in [0.717, 1.165) is 60.2 Å². The topological polar surface area (TPSA) is 26.3 Å². The van der Waals surface area contributed by atoms with Gasteiger partial charge in [0.1, 0.15) is 22.3 Å². The van der Waals surface area contributed by atoms with Crippen LogP contribution in [0.4, 0.5) is 0 Å². The molecule has 0 spiro atoms. The van der Waals surface area contributed by atoms with Gasteiger partial charge in [0.25, 0.3) is 0 Å². The standard InChI is InChI=1S/C48H28O2/c1-2-10-30(11-3-1)45-34-13-4-6-15-36(34)46(37-16-7-5-14-35(37)45)31-20-18-29(19-21-31)32-22-27-44-42(28-32)41-26-25-39-40(48(41)50-44)24-23-38-33-12-8-9-17-43(33)49-47(38)39/h1-28H. The van der Waals surface area contributed by atoms with E-state index in [9.17, 15) is 0 Å². The molecule has 0 atom stereocenters. The smallest absolute Gasteiger partial charge is 0.143 e. The summed E-state index contributed by atoms with van der Waals surface area (Å²) in [6, 6.07) is 60.9. The normalized spacial score (nSPS) is 12.0. The van der Waals surface area contributed by atoms with Gasteiger partial charge in [-0.25, -0.2) is 0 Å². The fourth-order valence-electron chi connectivity index (χ4n) is 8.19. The van der Waals surface area contributed by atoms with E-state index in [1.165, 1.54) is 49.4 Å². The van der Waals surface area contributed by atoms with Gasteiger partial charge in [0.2, 0.25) is 0 Å². The summed E-state index contributed by atoms with van der Waals surface area (Å²) < 4.78 is 12.9. The van der Waals surface area contributed by atoms with Gasteiger partial charge in [0.05, 0.1) is 0 Å². The zero-order valence-electron chi connectivity index (χ0n) is 27.0. The van der Waals surface area contributed by atoms with Crippen LogP contribution in [-0.4, -0.2) is 0 Å². The van der Waals surface area contributed by atoms with Gasteiger partial charge >= 0.3 is 0 Å². The maximum absolute atomic E-state index is 6.54. The molecule has 2 heteroatoms. The molecular weight excluding hydrogens is 609 g/mol. The molecule has 9 aromatic carbocycles. The molecular formula is C48H28O2. The highest BCUT2D eigenvalue weighted by atomic mass is 16.3. The van der Waals surface area contributed by atoms with E-state index in [1.54, 1.807) is 0 Å². The first kappa shape index (κ1) is 27.3. The minimum Gasteiger partial charge on any atom is -0.455 e. The van der Waals surface area contributed by atoms with Gasteiger partial charge in [0.15, 0.2) is 0 Å². The number of furan rings is 2. The largest absolute Gasteiger partial charge is 0.455 e. The molecule has 11 aromatic rings. The lowest BCUT2D eigenvalue weighted by Gasteiger charge is -2.18. The van der Waals surface area contributed by atoms with Gasteiger partial charge in [-0.3, -0.25) is 0 Å². The minimum atomic E-state index is 0.883. The van der Waals surface area contributed by atoms with E-state index in [1.807, 2.05) is 12.1 Å². The van der Waals surface area contributed by atoms with Crippen molar-refractivity contribution in [2.75, 3.05) is 0 Å². The predicted molar refractivity (Wildman–Crippen MR) is 210 cm³/mol. The number of para-hydroxylation sites is 1. The van der Waals surface area contributed by atoms with Gasteiger partial charge in [0, 0.05) is 32.3 Å². The summed E-state index contributed by atoms with van der Waals surface area (Å²) >= 11 is 0. The SMILES string of the molecule is c1ccc(-c2c3ccccc3c(-c3ccc(-c4ccc5oc6c(ccc7c6ccc6c8ccccc8oc67)c5c4)cc3)c3ccccc23)cc1. The number of benzene rings is 9.